The summed E-state index contributed by atoms with van der Waals surface area (Å²) in [7, 11) is 3.45. The lowest BCUT2D eigenvalue weighted by molar-refractivity contribution is 0.196. The molecule has 1 fully saturated rings. The fourth-order valence-corrected chi connectivity index (χ4v) is 2.89. The number of nitrogens with zero attached hydrogens (tertiary/aromatic N) is 2. The summed E-state index contributed by atoms with van der Waals surface area (Å²) in [5.74, 6) is 0.787. The van der Waals surface area contributed by atoms with E-state index in [-0.39, 0.29) is 12.1 Å². The fraction of sp³-hybridized carbons (Fsp3) is 0.462. The van der Waals surface area contributed by atoms with Crippen LogP contribution in [0.3, 0.4) is 0 Å². The molecule has 1 aromatic carbocycles. The summed E-state index contributed by atoms with van der Waals surface area (Å²) < 4.78 is 6.11. The Labute approximate surface area is 121 Å². The van der Waals surface area contributed by atoms with Gasteiger partial charge < -0.3 is 20.3 Å². The number of rotatable bonds is 4. The average molecular weight is 328 g/mol. The van der Waals surface area contributed by atoms with Crippen molar-refractivity contribution in [3.8, 4) is 5.75 Å². The number of carbonyl (C=O) groups excluding carboxylic acids is 1. The molecule has 1 aliphatic heterocycles. The first-order valence-electron chi connectivity index (χ1n) is 6.13. The van der Waals surface area contributed by atoms with E-state index in [4.69, 9.17) is 10.5 Å². The van der Waals surface area contributed by atoms with Crippen molar-refractivity contribution in [2.75, 3.05) is 33.8 Å². The van der Waals surface area contributed by atoms with E-state index in [1.165, 1.54) is 0 Å². The van der Waals surface area contributed by atoms with E-state index in [0.717, 1.165) is 15.8 Å². The van der Waals surface area contributed by atoms with Crippen molar-refractivity contribution in [3.63, 3.8) is 0 Å². The Kier molecular flexibility index (Phi) is 4.31. The lowest BCUT2D eigenvalue weighted by Gasteiger charge is -2.18. The Hall–Kier alpha value is -1.27. The SMILES string of the molecule is COc1ccc(C2CN(CCN)C(=O)N2C)cc1Br. The van der Waals surface area contributed by atoms with Gasteiger partial charge in [0.05, 0.1) is 17.6 Å². The van der Waals surface area contributed by atoms with Crippen LogP contribution in [0.15, 0.2) is 22.7 Å². The molecule has 0 radical (unpaired) electrons. The number of halogens is 1. The molecule has 1 unspecified atom stereocenters. The number of urea groups is 1. The molecule has 104 valence electrons. The quantitative estimate of drug-likeness (QED) is 0.917. The van der Waals surface area contributed by atoms with Gasteiger partial charge in [-0.2, -0.15) is 0 Å². The minimum absolute atomic E-state index is 0.0300. The second kappa shape index (κ2) is 5.79. The van der Waals surface area contributed by atoms with E-state index in [0.29, 0.717) is 19.6 Å². The molecule has 0 bridgehead atoms. The van der Waals surface area contributed by atoms with Gasteiger partial charge in [-0.25, -0.2) is 4.79 Å². The van der Waals surface area contributed by atoms with Crippen LogP contribution in [0.4, 0.5) is 4.79 Å². The van der Waals surface area contributed by atoms with E-state index in [1.807, 2.05) is 25.2 Å². The molecule has 19 heavy (non-hydrogen) atoms. The van der Waals surface area contributed by atoms with Crippen LogP contribution in [-0.4, -0.2) is 49.6 Å². The van der Waals surface area contributed by atoms with Crippen LogP contribution in [0.5, 0.6) is 5.75 Å². The number of hydrogen-bond acceptors (Lipinski definition) is 3. The van der Waals surface area contributed by atoms with Crippen LogP contribution in [0, 0.1) is 0 Å². The number of methoxy groups -OCH3 is 1. The number of amides is 2. The van der Waals surface area contributed by atoms with Gasteiger partial charge in [0.2, 0.25) is 0 Å². The van der Waals surface area contributed by atoms with Gasteiger partial charge in [0, 0.05) is 26.7 Å². The zero-order valence-electron chi connectivity index (χ0n) is 11.1. The second-order valence-corrected chi connectivity index (χ2v) is 5.39. The number of hydrogen-bond donors (Lipinski definition) is 1. The number of ether oxygens (including phenoxy) is 1. The number of benzene rings is 1. The highest BCUT2D eigenvalue weighted by molar-refractivity contribution is 9.10. The van der Waals surface area contributed by atoms with Crippen LogP contribution in [-0.2, 0) is 0 Å². The van der Waals surface area contributed by atoms with Crippen molar-refractivity contribution >= 4 is 22.0 Å². The maximum Gasteiger partial charge on any atom is 0.320 e. The van der Waals surface area contributed by atoms with Crippen molar-refractivity contribution in [1.29, 1.82) is 0 Å². The summed E-state index contributed by atoms with van der Waals surface area (Å²) in [6.45, 7) is 1.75. The van der Waals surface area contributed by atoms with E-state index in [2.05, 4.69) is 15.9 Å². The van der Waals surface area contributed by atoms with Crippen molar-refractivity contribution in [2.45, 2.75) is 6.04 Å². The van der Waals surface area contributed by atoms with E-state index in [9.17, 15) is 4.79 Å². The molecule has 0 saturated carbocycles. The molecule has 0 aromatic heterocycles. The first-order chi connectivity index (χ1) is 9.08. The standard InChI is InChI=1S/C13H18BrN3O2/c1-16-11(8-17(6-5-15)13(16)18)9-3-4-12(19-2)10(14)7-9/h3-4,7,11H,5-6,8,15H2,1-2H3. The van der Waals surface area contributed by atoms with Crippen molar-refractivity contribution in [2.24, 2.45) is 5.73 Å². The summed E-state index contributed by atoms with van der Waals surface area (Å²) in [5.41, 5.74) is 6.61. The zero-order valence-corrected chi connectivity index (χ0v) is 12.7. The number of carbonyl (C=O) groups is 1. The summed E-state index contributed by atoms with van der Waals surface area (Å²) >= 11 is 3.47. The predicted molar refractivity (Wildman–Crippen MR) is 77.2 cm³/mol. The number of likely N-dealkylation sites (N-methyl/N-ethyl adjacent to an activating group) is 1. The molecule has 1 heterocycles. The third kappa shape index (κ3) is 2.69. The van der Waals surface area contributed by atoms with Crippen LogP contribution in [0.25, 0.3) is 0 Å². The highest BCUT2D eigenvalue weighted by atomic mass is 79.9. The van der Waals surface area contributed by atoms with Gasteiger partial charge in [0.25, 0.3) is 0 Å². The van der Waals surface area contributed by atoms with Gasteiger partial charge in [0.15, 0.2) is 0 Å². The fourth-order valence-electron chi connectivity index (χ4n) is 2.33. The molecule has 1 aliphatic rings. The van der Waals surface area contributed by atoms with Crippen LogP contribution >= 0.6 is 15.9 Å². The van der Waals surface area contributed by atoms with Crippen molar-refractivity contribution in [3.05, 3.63) is 28.2 Å². The minimum atomic E-state index is 0.0300. The minimum Gasteiger partial charge on any atom is -0.496 e. The normalized spacial score (nSPS) is 19.2. The summed E-state index contributed by atoms with van der Waals surface area (Å²) in [6.07, 6.45) is 0. The van der Waals surface area contributed by atoms with Gasteiger partial charge in [-0.3, -0.25) is 0 Å². The molecule has 6 heteroatoms. The first-order valence-corrected chi connectivity index (χ1v) is 6.93. The van der Waals surface area contributed by atoms with Gasteiger partial charge >= 0.3 is 6.03 Å². The monoisotopic (exact) mass is 327 g/mol. The summed E-state index contributed by atoms with van der Waals surface area (Å²) in [5, 5.41) is 0. The summed E-state index contributed by atoms with van der Waals surface area (Å²) in [6, 6.07) is 5.98. The van der Waals surface area contributed by atoms with Gasteiger partial charge in [-0.15, -0.1) is 0 Å². The van der Waals surface area contributed by atoms with Crippen molar-refractivity contribution < 1.29 is 9.53 Å². The lowest BCUT2D eigenvalue weighted by Crippen LogP contribution is -2.33. The molecule has 5 nitrogen and oxygen atoms in total. The van der Waals surface area contributed by atoms with Crippen molar-refractivity contribution in [1.82, 2.24) is 9.80 Å². The molecule has 2 rings (SSSR count). The molecular weight excluding hydrogens is 310 g/mol. The maximum atomic E-state index is 12.0. The van der Waals surface area contributed by atoms with Crippen LogP contribution in [0.2, 0.25) is 0 Å². The Bertz CT molecular complexity index is 481. The maximum absolute atomic E-state index is 12.0. The third-order valence-corrected chi connectivity index (χ3v) is 4.01. The molecule has 0 spiro atoms. The Morgan fingerprint density at radius 2 is 2.26 bits per heavy atom. The molecule has 1 atom stereocenters. The molecule has 0 aliphatic carbocycles. The smallest absolute Gasteiger partial charge is 0.320 e. The largest absolute Gasteiger partial charge is 0.496 e. The van der Waals surface area contributed by atoms with E-state index in [1.54, 1.807) is 16.9 Å². The third-order valence-electron chi connectivity index (χ3n) is 3.39. The Balaban J connectivity index is 2.22. The molecule has 2 N–H and O–H groups in total. The molecular formula is C13H18BrN3O2. The van der Waals surface area contributed by atoms with Gasteiger partial charge in [-0.05, 0) is 33.6 Å². The average Bonchev–Trinajstić information content (AvgIpc) is 2.67. The van der Waals surface area contributed by atoms with Gasteiger partial charge in [-0.1, -0.05) is 6.07 Å². The van der Waals surface area contributed by atoms with Gasteiger partial charge in [0.1, 0.15) is 5.75 Å². The number of nitrogens with two attached hydrogens (primary N) is 1. The highest BCUT2D eigenvalue weighted by Gasteiger charge is 2.35. The predicted octanol–water partition coefficient (Wildman–Crippen LogP) is 1.82. The molecule has 1 saturated heterocycles. The van der Waals surface area contributed by atoms with E-state index >= 15 is 0 Å². The topological polar surface area (TPSA) is 58.8 Å². The first kappa shape index (κ1) is 14.1. The van der Waals surface area contributed by atoms with Crippen LogP contribution < -0.4 is 10.5 Å². The molecule has 1 aromatic rings. The molecule has 2 amide bonds. The zero-order chi connectivity index (χ0) is 14.0. The summed E-state index contributed by atoms with van der Waals surface area (Å²) in [4.78, 5) is 15.6. The van der Waals surface area contributed by atoms with E-state index < -0.39 is 0 Å². The second-order valence-electron chi connectivity index (χ2n) is 4.54. The van der Waals surface area contributed by atoms with Crippen LogP contribution in [0.1, 0.15) is 11.6 Å². The highest BCUT2D eigenvalue weighted by Crippen LogP contribution is 2.33. The Morgan fingerprint density at radius 3 is 2.84 bits per heavy atom. The lowest BCUT2D eigenvalue weighted by atomic mass is 10.1. The Morgan fingerprint density at radius 1 is 1.53 bits per heavy atom.